The molecule has 0 aliphatic heterocycles. The highest BCUT2D eigenvalue weighted by Gasteiger charge is 2.10. The summed E-state index contributed by atoms with van der Waals surface area (Å²) in [6.07, 6.45) is 2.68. The van der Waals surface area contributed by atoms with Gasteiger partial charge in [0.25, 0.3) is 0 Å². The van der Waals surface area contributed by atoms with E-state index in [1.54, 1.807) is 13.0 Å². The zero-order chi connectivity index (χ0) is 12.4. The normalized spacial score (nSPS) is 10.4. The Morgan fingerprint density at radius 3 is 2.88 bits per heavy atom. The van der Waals surface area contributed by atoms with E-state index in [1.165, 1.54) is 17.1 Å². The molecule has 0 radical (unpaired) electrons. The fourth-order valence-corrected chi connectivity index (χ4v) is 1.42. The lowest BCUT2D eigenvalue weighted by Crippen LogP contribution is -2.05. The van der Waals surface area contributed by atoms with Crippen LogP contribution in [-0.2, 0) is 6.54 Å². The average Bonchev–Trinajstić information content (AvgIpc) is 2.64. The van der Waals surface area contributed by atoms with Gasteiger partial charge in [0.15, 0.2) is 5.82 Å². The highest BCUT2D eigenvalue weighted by Crippen LogP contribution is 2.08. The van der Waals surface area contributed by atoms with Gasteiger partial charge in [0, 0.05) is 11.8 Å². The number of hydrogen-bond acceptors (Lipinski definition) is 6. The van der Waals surface area contributed by atoms with Crippen molar-refractivity contribution < 1.29 is 4.92 Å². The lowest BCUT2D eigenvalue weighted by atomic mass is 10.4. The van der Waals surface area contributed by atoms with Crippen LogP contribution in [0.1, 0.15) is 11.5 Å². The van der Waals surface area contributed by atoms with E-state index in [2.05, 4.69) is 15.0 Å². The highest BCUT2D eigenvalue weighted by molar-refractivity contribution is 5.29. The van der Waals surface area contributed by atoms with Crippen molar-refractivity contribution in [1.29, 1.82) is 0 Å². The van der Waals surface area contributed by atoms with Gasteiger partial charge in [-0.25, -0.2) is 9.97 Å². The zero-order valence-corrected chi connectivity index (χ0v) is 9.07. The van der Waals surface area contributed by atoms with Crippen molar-refractivity contribution >= 4 is 11.6 Å². The second-order valence-electron chi connectivity index (χ2n) is 3.51. The van der Waals surface area contributed by atoms with Crippen LogP contribution in [0.25, 0.3) is 0 Å². The summed E-state index contributed by atoms with van der Waals surface area (Å²) in [5.41, 5.74) is 6.33. The SMILES string of the molecule is Cc1cc(N)nc(Cn2cnc([N+](=O)[O-])c2)n1. The fraction of sp³-hybridized carbons (Fsp3) is 0.222. The Kier molecular flexibility index (Phi) is 2.69. The predicted octanol–water partition coefficient (Wildman–Crippen LogP) is 0.520. The van der Waals surface area contributed by atoms with Gasteiger partial charge in [-0.15, -0.1) is 0 Å². The first-order valence-corrected chi connectivity index (χ1v) is 4.81. The van der Waals surface area contributed by atoms with E-state index in [-0.39, 0.29) is 5.82 Å². The van der Waals surface area contributed by atoms with Crippen molar-refractivity contribution in [3.8, 4) is 0 Å². The lowest BCUT2D eigenvalue weighted by molar-refractivity contribution is -0.389. The Labute approximate surface area is 96.3 Å². The van der Waals surface area contributed by atoms with Crippen LogP contribution >= 0.6 is 0 Å². The molecule has 2 aromatic heterocycles. The van der Waals surface area contributed by atoms with Crippen LogP contribution in [0.15, 0.2) is 18.6 Å². The van der Waals surface area contributed by atoms with Crippen LogP contribution in [0.2, 0.25) is 0 Å². The van der Waals surface area contributed by atoms with Gasteiger partial charge in [0.05, 0.1) is 6.54 Å². The van der Waals surface area contributed by atoms with Gasteiger partial charge >= 0.3 is 5.82 Å². The molecule has 2 heterocycles. The predicted molar refractivity (Wildman–Crippen MR) is 59.2 cm³/mol. The number of nitro groups is 1. The number of nitrogens with zero attached hydrogens (tertiary/aromatic N) is 5. The number of aromatic nitrogens is 4. The number of nitrogen functional groups attached to an aromatic ring is 1. The first-order valence-electron chi connectivity index (χ1n) is 4.81. The largest absolute Gasteiger partial charge is 0.384 e. The van der Waals surface area contributed by atoms with Crippen LogP contribution in [0.5, 0.6) is 0 Å². The van der Waals surface area contributed by atoms with E-state index >= 15 is 0 Å². The van der Waals surface area contributed by atoms with Crippen LogP contribution in [0, 0.1) is 17.0 Å². The zero-order valence-electron chi connectivity index (χ0n) is 9.07. The first kappa shape index (κ1) is 11.0. The molecular weight excluding hydrogens is 224 g/mol. The molecule has 0 atom stereocenters. The van der Waals surface area contributed by atoms with Crippen molar-refractivity contribution in [2.24, 2.45) is 0 Å². The Morgan fingerprint density at radius 1 is 1.53 bits per heavy atom. The quantitative estimate of drug-likeness (QED) is 0.611. The van der Waals surface area contributed by atoms with Crippen molar-refractivity contribution in [3.05, 3.63) is 40.2 Å². The van der Waals surface area contributed by atoms with E-state index in [0.717, 1.165) is 5.69 Å². The molecule has 2 N–H and O–H groups in total. The van der Waals surface area contributed by atoms with Gasteiger partial charge in [-0.2, -0.15) is 0 Å². The second-order valence-corrected chi connectivity index (χ2v) is 3.51. The minimum atomic E-state index is -0.554. The summed E-state index contributed by atoms with van der Waals surface area (Å²) in [6.45, 7) is 2.10. The number of nitrogens with two attached hydrogens (primary N) is 1. The molecule has 17 heavy (non-hydrogen) atoms. The fourth-order valence-electron chi connectivity index (χ4n) is 1.42. The van der Waals surface area contributed by atoms with Crippen LogP contribution in [0.4, 0.5) is 11.6 Å². The van der Waals surface area contributed by atoms with Crippen LogP contribution in [-0.4, -0.2) is 24.4 Å². The molecule has 0 saturated carbocycles. The summed E-state index contributed by atoms with van der Waals surface area (Å²) < 4.78 is 1.53. The summed E-state index contributed by atoms with van der Waals surface area (Å²) in [7, 11) is 0. The minimum absolute atomic E-state index is 0.203. The Morgan fingerprint density at radius 2 is 2.29 bits per heavy atom. The van der Waals surface area contributed by atoms with Gasteiger partial charge in [0.2, 0.25) is 6.33 Å². The van der Waals surface area contributed by atoms with Crippen molar-refractivity contribution in [2.75, 3.05) is 5.73 Å². The molecule has 88 valence electrons. The summed E-state index contributed by atoms with van der Waals surface area (Å²) in [5.74, 6) is 0.669. The molecule has 0 unspecified atom stereocenters. The second kappa shape index (κ2) is 4.16. The maximum Gasteiger partial charge on any atom is 0.381 e. The standard InChI is InChI=1S/C9H10N6O2/c1-6-2-7(10)13-8(12-6)3-14-4-9(11-5-14)15(16)17/h2,4-5H,3H2,1H3,(H2,10,12,13). The van der Waals surface area contributed by atoms with Gasteiger partial charge < -0.3 is 20.4 Å². The summed E-state index contributed by atoms with van der Waals surface area (Å²) in [5, 5.41) is 10.5. The van der Waals surface area contributed by atoms with E-state index in [9.17, 15) is 10.1 Å². The number of hydrogen-bond donors (Lipinski definition) is 1. The average molecular weight is 234 g/mol. The lowest BCUT2D eigenvalue weighted by Gasteiger charge is -2.02. The van der Waals surface area contributed by atoms with E-state index in [4.69, 9.17) is 5.73 Å². The maximum atomic E-state index is 10.5. The first-order chi connectivity index (χ1) is 8.04. The molecule has 2 aromatic rings. The smallest absolute Gasteiger partial charge is 0.381 e. The molecule has 2 rings (SSSR count). The summed E-state index contributed by atoms with van der Waals surface area (Å²) >= 11 is 0. The van der Waals surface area contributed by atoms with Crippen molar-refractivity contribution in [3.63, 3.8) is 0 Å². The molecule has 0 spiro atoms. The Bertz CT molecular complexity index is 544. The monoisotopic (exact) mass is 234 g/mol. The van der Waals surface area contributed by atoms with Crippen LogP contribution in [0.3, 0.4) is 0 Å². The summed E-state index contributed by atoms with van der Waals surface area (Å²) in [4.78, 5) is 21.7. The van der Waals surface area contributed by atoms with E-state index in [0.29, 0.717) is 18.2 Å². The van der Waals surface area contributed by atoms with E-state index < -0.39 is 4.92 Å². The molecule has 0 saturated heterocycles. The Balaban J connectivity index is 2.22. The molecular formula is C9H10N6O2. The molecule has 0 aliphatic carbocycles. The molecule has 0 bridgehead atoms. The van der Waals surface area contributed by atoms with E-state index in [1.807, 2.05) is 0 Å². The number of imidazole rings is 1. The van der Waals surface area contributed by atoms with Crippen molar-refractivity contribution in [1.82, 2.24) is 19.5 Å². The van der Waals surface area contributed by atoms with Gasteiger partial charge in [-0.3, -0.25) is 0 Å². The molecule has 0 fully saturated rings. The third-order valence-electron chi connectivity index (χ3n) is 2.05. The molecule has 8 nitrogen and oxygen atoms in total. The molecule has 8 heteroatoms. The molecule has 0 aliphatic rings. The van der Waals surface area contributed by atoms with Gasteiger partial charge in [-0.05, 0) is 16.8 Å². The molecule has 0 amide bonds. The topological polar surface area (TPSA) is 113 Å². The summed E-state index contributed by atoms with van der Waals surface area (Å²) in [6, 6.07) is 1.65. The third-order valence-corrected chi connectivity index (χ3v) is 2.05. The van der Waals surface area contributed by atoms with Crippen LogP contribution < -0.4 is 5.73 Å². The number of rotatable bonds is 3. The van der Waals surface area contributed by atoms with Gasteiger partial charge in [0.1, 0.15) is 12.0 Å². The maximum absolute atomic E-state index is 10.5. The Hall–Kier alpha value is -2.51. The minimum Gasteiger partial charge on any atom is -0.384 e. The third kappa shape index (κ3) is 2.54. The number of aryl methyl sites for hydroxylation is 1. The van der Waals surface area contributed by atoms with Gasteiger partial charge in [-0.1, -0.05) is 0 Å². The van der Waals surface area contributed by atoms with Crippen molar-refractivity contribution in [2.45, 2.75) is 13.5 Å². The number of anilines is 1. The molecule has 0 aromatic carbocycles. The highest BCUT2D eigenvalue weighted by atomic mass is 16.6.